The van der Waals surface area contributed by atoms with Gasteiger partial charge in [0.15, 0.2) is 12.1 Å². The van der Waals surface area contributed by atoms with Gasteiger partial charge in [-0.2, -0.15) is 5.26 Å². The number of rotatable bonds is 3. The van der Waals surface area contributed by atoms with E-state index in [-0.39, 0.29) is 0 Å². The number of aryl methyl sites for hydroxylation is 2. The van der Waals surface area contributed by atoms with E-state index in [1.54, 1.807) is 13.0 Å². The molecule has 2 rings (SSSR count). The Morgan fingerprint density at radius 2 is 2.00 bits per heavy atom. The minimum absolute atomic E-state index is 0.450. The lowest BCUT2D eigenvalue weighted by molar-refractivity contribution is 0.551. The van der Waals surface area contributed by atoms with Crippen LogP contribution in [0.5, 0.6) is 0 Å². The molecule has 2 aromatic heterocycles. The van der Waals surface area contributed by atoms with Crippen LogP contribution in [0, 0.1) is 25.3 Å². The van der Waals surface area contributed by atoms with Crippen molar-refractivity contribution in [3.63, 3.8) is 0 Å². The summed E-state index contributed by atoms with van der Waals surface area (Å²) >= 11 is 0. The number of nitrogens with one attached hydrogen (secondary N) is 2. The third kappa shape index (κ3) is 2.72. The number of hydrogen-bond donors (Lipinski definition) is 2. The molecule has 0 saturated carbocycles. The number of nitriles is 1. The lowest BCUT2D eigenvalue weighted by atomic mass is 10.4. The van der Waals surface area contributed by atoms with E-state index in [0.717, 1.165) is 5.76 Å². The standard InChI is InChI=1S/C11H11N5O/c1-7-3-4-11(17-7)16-10-5-9(13-6-12)14-8(2)15-10/h3-5H,1-2H3,(H2,13,14,15,16). The van der Waals surface area contributed by atoms with Crippen LogP contribution < -0.4 is 10.6 Å². The molecule has 17 heavy (non-hydrogen) atoms. The molecule has 0 aliphatic rings. The van der Waals surface area contributed by atoms with Gasteiger partial charge in [0.1, 0.15) is 23.2 Å². The second-order valence-corrected chi connectivity index (χ2v) is 3.46. The highest BCUT2D eigenvalue weighted by Gasteiger charge is 2.04. The Morgan fingerprint density at radius 1 is 1.24 bits per heavy atom. The quantitative estimate of drug-likeness (QED) is 0.620. The zero-order chi connectivity index (χ0) is 12.3. The zero-order valence-electron chi connectivity index (χ0n) is 9.48. The van der Waals surface area contributed by atoms with E-state index in [1.165, 1.54) is 0 Å². The topological polar surface area (TPSA) is 86.8 Å². The van der Waals surface area contributed by atoms with Crippen molar-refractivity contribution >= 4 is 17.5 Å². The Hall–Kier alpha value is -2.55. The first kappa shape index (κ1) is 11.0. The van der Waals surface area contributed by atoms with Gasteiger partial charge in [-0.1, -0.05) is 0 Å². The average Bonchev–Trinajstić information content (AvgIpc) is 2.63. The van der Waals surface area contributed by atoms with Crippen molar-refractivity contribution in [1.82, 2.24) is 9.97 Å². The molecule has 2 aromatic rings. The Labute approximate surface area is 98.3 Å². The molecule has 0 aromatic carbocycles. The number of aromatic nitrogens is 2. The fourth-order valence-corrected chi connectivity index (χ4v) is 1.38. The van der Waals surface area contributed by atoms with Crippen molar-refractivity contribution in [2.45, 2.75) is 13.8 Å². The largest absolute Gasteiger partial charge is 0.446 e. The summed E-state index contributed by atoms with van der Waals surface area (Å²) in [6.45, 7) is 3.61. The molecule has 0 unspecified atom stereocenters. The van der Waals surface area contributed by atoms with Crippen molar-refractivity contribution in [2.24, 2.45) is 0 Å². The summed E-state index contributed by atoms with van der Waals surface area (Å²) < 4.78 is 5.37. The van der Waals surface area contributed by atoms with Gasteiger partial charge in [-0.3, -0.25) is 5.32 Å². The van der Waals surface area contributed by atoms with Gasteiger partial charge < -0.3 is 9.73 Å². The summed E-state index contributed by atoms with van der Waals surface area (Å²) in [5.41, 5.74) is 0. The normalized spacial score (nSPS) is 9.71. The second kappa shape index (κ2) is 4.53. The summed E-state index contributed by atoms with van der Waals surface area (Å²) in [7, 11) is 0. The van der Waals surface area contributed by atoms with Crippen molar-refractivity contribution < 1.29 is 4.42 Å². The molecule has 2 heterocycles. The third-order valence-electron chi connectivity index (χ3n) is 2.01. The van der Waals surface area contributed by atoms with Crippen LogP contribution in [0.2, 0.25) is 0 Å². The number of nitrogens with zero attached hydrogens (tertiary/aromatic N) is 3. The predicted octanol–water partition coefficient (Wildman–Crippen LogP) is 2.32. The smallest absolute Gasteiger partial charge is 0.198 e. The maximum absolute atomic E-state index is 8.53. The maximum atomic E-state index is 8.53. The highest BCUT2D eigenvalue weighted by atomic mass is 16.4. The van der Waals surface area contributed by atoms with E-state index >= 15 is 0 Å². The van der Waals surface area contributed by atoms with E-state index in [0.29, 0.717) is 23.3 Å². The van der Waals surface area contributed by atoms with Gasteiger partial charge >= 0.3 is 0 Å². The first-order valence-corrected chi connectivity index (χ1v) is 5.01. The van der Waals surface area contributed by atoms with E-state index in [4.69, 9.17) is 9.68 Å². The molecule has 6 nitrogen and oxygen atoms in total. The van der Waals surface area contributed by atoms with Crippen LogP contribution in [0.1, 0.15) is 11.6 Å². The van der Waals surface area contributed by atoms with Gasteiger partial charge in [-0.05, 0) is 19.9 Å². The molecule has 0 amide bonds. The monoisotopic (exact) mass is 229 g/mol. The van der Waals surface area contributed by atoms with Crippen molar-refractivity contribution in [3.05, 3.63) is 29.8 Å². The second-order valence-electron chi connectivity index (χ2n) is 3.46. The van der Waals surface area contributed by atoms with Crippen LogP contribution in [-0.4, -0.2) is 9.97 Å². The Kier molecular flexibility index (Phi) is 2.92. The van der Waals surface area contributed by atoms with Crippen LogP contribution in [0.25, 0.3) is 0 Å². The van der Waals surface area contributed by atoms with E-state index in [2.05, 4.69) is 20.6 Å². The van der Waals surface area contributed by atoms with Crippen LogP contribution in [0.3, 0.4) is 0 Å². The maximum Gasteiger partial charge on any atom is 0.198 e. The first-order valence-electron chi connectivity index (χ1n) is 5.01. The predicted molar refractivity (Wildman–Crippen MR) is 62.7 cm³/mol. The number of hydrogen-bond acceptors (Lipinski definition) is 6. The molecule has 0 saturated heterocycles. The molecular formula is C11H11N5O. The lowest BCUT2D eigenvalue weighted by Crippen LogP contribution is -2.00. The molecule has 6 heteroatoms. The molecule has 2 N–H and O–H groups in total. The lowest BCUT2D eigenvalue weighted by Gasteiger charge is -2.04. The average molecular weight is 229 g/mol. The molecule has 86 valence electrons. The van der Waals surface area contributed by atoms with Gasteiger partial charge in [-0.15, -0.1) is 0 Å². The van der Waals surface area contributed by atoms with Crippen molar-refractivity contribution in [3.8, 4) is 6.19 Å². The fourth-order valence-electron chi connectivity index (χ4n) is 1.38. The van der Waals surface area contributed by atoms with Gasteiger partial charge in [0.2, 0.25) is 0 Å². The minimum atomic E-state index is 0.450. The molecule has 0 fully saturated rings. The van der Waals surface area contributed by atoms with Gasteiger partial charge in [0, 0.05) is 12.1 Å². The molecule has 0 bridgehead atoms. The van der Waals surface area contributed by atoms with E-state index in [1.807, 2.05) is 25.2 Å². The number of anilines is 3. The van der Waals surface area contributed by atoms with Crippen molar-refractivity contribution in [2.75, 3.05) is 10.6 Å². The van der Waals surface area contributed by atoms with Crippen LogP contribution in [-0.2, 0) is 0 Å². The summed E-state index contributed by atoms with van der Waals surface area (Å²) in [4.78, 5) is 8.24. The third-order valence-corrected chi connectivity index (χ3v) is 2.01. The Bertz CT molecular complexity index is 569. The summed E-state index contributed by atoms with van der Waals surface area (Å²) in [6.07, 6.45) is 1.81. The van der Waals surface area contributed by atoms with Crippen LogP contribution >= 0.6 is 0 Å². The van der Waals surface area contributed by atoms with Gasteiger partial charge in [-0.25, -0.2) is 9.97 Å². The minimum Gasteiger partial charge on any atom is -0.446 e. The molecule has 0 spiro atoms. The fraction of sp³-hybridized carbons (Fsp3) is 0.182. The zero-order valence-corrected chi connectivity index (χ0v) is 9.48. The Balaban J connectivity index is 2.24. The van der Waals surface area contributed by atoms with Gasteiger partial charge in [0.05, 0.1) is 0 Å². The SMILES string of the molecule is Cc1nc(NC#N)cc(Nc2ccc(C)o2)n1. The van der Waals surface area contributed by atoms with E-state index in [9.17, 15) is 0 Å². The highest BCUT2D eigenvalue weighted by Crippen LogP contribution is 2.19. The molecule has 0 radical (unpaired) electrons. The van der Waals surface area contributed by atoms with E-state index < -0.39 is 0 Å². The van der Waals surface area contributed by atoms with Crippen LogP contribution in [0.15, 0.2) is 22.6 Å². The molecule has 0 atom stereocenters. The molecular weight excluding hydrogens is 218 g/mol. The summed E-state index contributed by atoms with van der Waals surface area (Å²) in [5, 5.41) is 14.0. The Morgan fingerprint density at radius 3 is 2.65 bits per heavy atom. The number of furan rings is 1. The van der Waals surface area contributed by atoms with Crippen molar-refractivity contribution in [1.29, 1.82) is 5.26 Å². The molecule has 0 aliphatic heterocycles. The molecule has 0 aliphatic carbocycles. The first-order chi connectivity index (χ1) is 8.17. The van der Waals surface area contributed by atoms with Crippen LogP contribution in [0.4, 0.5) is 17.5 Å². The summed E-state index contributed by atoms with van der Waals surface area (Å²) in [5.74, 6) is 3.00. The van der Waals surface area contributed by atoms with Gasteiger partial charge in [0.25, 0.3) is 0 Å². The highest BCUT2D eigenvalue weighted by molar-refractivity contribution is 5.56. The summed E-state index contributed by atoms with van der Waals surface area (Å²) in [6, 6.07) is 5.29.